The summed E-state index contributed by atoms with van der Waals surface area (Å²) in [6.07, 6.45) is 4.19. The van der Waals surface area contributed by atoms with Gasteiger partial charge in [-0.1, -0.05) is 0 Å². The minimum Gasteiger partial charge on any atom is -0.381 e. The number of ether oxygens (including phenoxy) is 2. The number of amides is 2. The van der Waals surface area contributed by atoms with E-state index in [4.69, 9.17) is 9.47 Å². The maximum Gasteiger partial charge on any atom is 0.248 e. The molecule has 0 aromatic carbocycles. The molecule has 6 nitrogen and oxygen atoms in total. The van der Waals surface area contributed by atoms with Crippen LogP contribution in [0.5, 0.6) is 0 Å². The highest BCUT2D eigenvalue weighted by atomic mass is 32.2. The van der Waals surface area contributed by atoms with Gasteiger partial charge >= 0.3 is 0 Å². The van der Waals surface area contributed by atoms with Crippen LogP contribution in [0.2, 0.25) is 0 Å². The van der Waals surface area contributed by atoms with E-state index in [1.54, 1.807) is 0 Å². The first-order valence-corrected chi connectivity index (χ1v) is 10.0. The summed E-state index contributed by atoms with van der Waals surface area (Å²) in [4.78, 5) is 28.3. The molecule has 0 radical (unpaired) electrons. The van der Waals surface area contributed by atoms with Gasteiger partial charge in [-0.25, -0.2) is 0 Å². The Morgan fingerprint density at radius 1 is 1.21 bits per heavy atom. The van der Waals surface area contributed by atoms with E-state index in [0.717, 1.165) is 57.6 Å². The zero-order valence-corrected chi connectivity index (χ0v) is 14.9. The Labute approximate surface area is 147 Å². The lowest BCUT2D eigenvalue weighted by Crippen LogP contribution is -2.62. The van der Waals surface area contributed by atoms with Gasteiger partial charge in [0.2, 0.25) is 11.8 Å². The number of thioether (sulfide) groups is 1. The topological polar surface area (TPSA) is 59.1 Å². The van der Waals surface area contributed by atoms with Gasteiger partial charge < -0.3 is 19.3 Å². The number of nitrogens with zero attached hydrogens (tertiary/aromatic N) is 2. The molecule has 0 bridgehead atoms. The van der Waals surface area contributed by atoms with E-state index < -0.39 is 0 Å². The van der Waals surface area contributed by atoms with Crippen molar-refractivity contribution in [2.45, 2.75) is 36.5 Å². The molecule has 134 valence electrons. The predicted octanol–water partition coefficient (Wildman–Crippen LogP) is 0.748. The molecule has 4 saturated heterocycles. The summed E-state index contributed by atoms with van der Waals surface area (Å²) in [6, 6.07) is 0. The second-order valence-corrected chi connectivity index (χ2v) is 8.96. The van der Waals surface area contributed by atoms with Crippen molar-refractivity contribution in [3.63, 3.8) is 0 Å². The van der Waals surface area contributed by atoms with Crippen molar-refractivity contribution in [2.75, 3.05) is 51.8 Å². The smallest absolute Gasteiger partial charge is 0.248 e. The molecule has 2 amide bonds. The van der Waals surface area contributed by atoms with Crippen molar-refractivity contribution >= 4 is 23.6 Å². The van der Waals surface area contributed by atoms with Gasteiger partial charge in [-0.3, -0.25) is 9.59 Å². The van der Waals surface area contributed by atoms with Crippen LogP contribution in [0.25, 0.3) is 0 Å². The monoisotopic (exact) mass is 354 g/mol. The largest absolute Gasteiger partial charge is 0.381 e. The van der Waals surface area contributed by atoms with E-state index in [-0.39, 0.29) is 35.2 Å². The minimum atomic E-state index is 0.0684. The summed E-state index contributed by atoms with van der Waals surface area (Å²) in [6.45, 7) is 4.93. The van der Waals surface area contributed by atoms with E-state index in [9.17, 15) is 9.59 Å². The van der Waals surface area contributed by atoms with Crippen molar-refractivity contribution in [3.8, 4) is 0 Å². The number of likely N-dealkylation sites (tertiary alicyclic amines) is 2. The molecule has 0 saturated carbocycles. The number of hydrogen-bond donors (Lipinski definition) is 0. The Hall–Kier alpha value is -0.790. The van der Waals surface area contributed by atoms with Crippen LogP contribution in [0.15, 0.2) is 0 Å². The van der Waals surface area contributed by atoms with E-state index >= 15 is 0 Å². The van der Waals surface area contributed by atoms with Crippen LogP contribution in [-0.4, -0.2) is 84.2 Å². The van der Waals surface area contributed by atoms with Crippen molar-refractivity contribution in [3.05, 3.63) is 0 Å². The number of carbonyl (C=O) groups is 2. The van der Waals surface area contributed by atoms with E-state index in [2.05, 4.69) is 0 Å². The molecule has 4 rings (SSSR count). The van der Waals surface area contributed by atoms with Crippen LogP contribution in [0.4, 0.5) is 0 Å². The third-order valence-electron chi connectivity index (χ3n) is 5.63. The van der Waals surface area contributed by atoms with Crippen LogP contribution >= 0.6 is 11.8 Å². The highest BCUT2D eigenvalue weighted by Crippen LogP contribution is 2.46. The Bertz CT molecular complexity index is 497. The van der Waals surface area contributed by atoms with Crippen LogP contribution in [0.3, 0.4) is 0 Å². The van der Waals surface area contributed by atoms with Crippen molar-refractivity contribution in [1.82, 2.24) is 9.80 Å². The molecule has 4 heterocycles. The maximum atomic E-state index is 12.4. The molecular formula is C17H26N2O4S. The molecule has 4 aliphatic heterocycles. The first kappa shape index (κ1) is 16.7. The molecule has 4 fully saturated rings. The lowest BCUT2D eigenvalue weighted by atomic mass is 9.91. The fourth-order valence-corrected chi connectivity index (χ4v) is 5.72. The fraction of sp³-hybridized carbons (Fsp3) is 0.882. The lowest BCUT2D eigenvalue weighted by Gasteiger charge is -2.48. The summed E-state index contributed by atoms with van der Waals surface area (Å²) in [5.74, 6) is 1.39. The SMILES string of the molecule is O=C(CO[C@@H]1CSC2(C1)CN(C(=O)[C@H]1CCOC1)C2)N1CCCC1. The van der Waals surface area contributed by atoms with Gasteiger partial charge in [-0.2, -0.15) is 0 Å². The second-order valence-electron chi connectivity index (χ2n) is 7.47. The summed E-state index contributed by atoms with van der Waals surface area (Å²) >= 11 is 1.91. The van der Waals surface area contributed by atoms with Gasteiger partial charge in [0.15, 0.2) is 0 Å². The van der Waals surface area contributed by atoms with Crippen LogP contribution in [0, 0.1) is 5.92 Å². The van der Waals surface area contributed by atoms with Gasteiger partial charge in [0, 0.05) is 38.5 Å². The van der Waals surface area contributed by atoms with Gasteiger partial charge in [0.1, 0.15) is 6.61 Å². The standard InChI is InChI=1S/C17H26N2O4S/c20-15(18-4-1-2-5-18)9-23-14-7-17(24-10-14)11-19(12-17)16(21)13-3-6-22-8-13/h13-14H,1-12H2/t13-,14-/m0/s1. The third kappa shape index (κ3) is 3.30. The normalized spacial score (nSPS) is 31.7. The summed E-state index contributed by atoms with van der Waals surface area (Å²) in [5.41, 5.74) is 0. The molecule has 4 aliphatic rings. The molecule has 2 atom stereocenters. The second kappa shape index (κ2) is 6.84. The zero-order chi connectivity index (χ0) is 16.6. The Morgan fingerprint density at radius 2 is 2.00 bits per heavy atom. The van der Waals surface area contributed by atoms with Gasteiger partial charge in [0.05, 0.1) is 23.4 Å². The summed E-state index contributed by atoms with van der Waals surface area (Å²) < 4.78 is 11.4. The highest BCUT2D eigenvalue weighted by Gasteiger charge is 2.51. The van der Waals surface area contributed by atoms with E-state index in [1.807, 2.05) is 21.6 Å². The van der Waals surface area contributed by atoms with Gasteiger partial charge in [0.25, 0.3) is 0 Å². The van der Waals surface area contributed by atoms with Crippen LogP contribution < -0.4 is 0 Å². The number of carbonyl (C=O) groups excluding carboxylic acids is 2. The van der Waals surface area contributed by atoms with Crippen molar-refractivity contribution in [2.24, 2.45) is 5.92 Å². The third-order valence-corrected chi connectivity index (χ3v) is 7.20. The van der Waals surface area contributed by atoms with Crippen LogP contribution in [0.1, 0.15) is 25.7 Å². The molecule has 0 aromatic heterocycles. The molecule has 0 N–H and O–H groups in total. The zero-order valence-electron chi connectivity index (χ0n) is 14.1. The van der Waals surface area contributed by atoms with E-state index in [0.29, 0.717) is 13.2 Å². The quantitative estimate of drug-likeness (QED) is 0.746. The van der Waals surface area contributed by atoms with E-state index in [1.165, 1.54) is 0 Å². The Morgan fingerprint density at radius 3 is 2.71 bits per heavy atom. The van der Waals surface area contributed by atoms with Gasteiger partial charge in [-0.05, 0) is 25.7 Å². The summed E-state index contributed by atoms with van der Waals surface area (Å²) in [7, 11) is 0. The molecule has 0 unspecified atom stereocenters. The summed E-state index contributed by atoms with van der Waals surface area (Å²) in [5, 5.41) is 0. The Balaban J connectivity index is 1.20. The van der Waals surface area contributed by atoms with Crippen LogP contribution in [-0.2, 0) is 19.1 Å². The molecule has 0 aliphatic carbocycles. The maximum absolute atomic E-state index is 12.4. The number of rotatable bonds is 4. The number of hydrogen-bond acceptors (Lipinski definition) is 5. The first-order valence-electron chi connectivity index (χ1n) is 9.05. The predicted molar refractivity (Wildman–Crippen MR) is 90.9 cm³/mol. The fourth-order valence-electron chi connectivity index (χ4n) is 4.17. The molecule has 0 aromatic rings. The average Bonchev–Trinajstić information content (AvgIpc) is 3.31. The van der Waals surface area contributed by atoms with Gasteiger partial charge in [-0.15, -0.1) is 11.8 Å². The average molecular weight is 354 g/mol. The first-order chi connectivity index (χ1) is 11.7. The van der Waals surface area contributed by atoms with Crippen molar-refractivity contribution in [1.29, 1.82) is 0 Å². The molecule has 7 heteroatoms. The van der Waals surface area contributed by atoms with Crippen molar-refractivity contribution < 1.29 is 19.1 Å². The minimum absolute atomic E-state index is 0.0684. The molecule has 24 heavy (non-hydrogen) atoms. The molecular weight excluding hydrogens is 328 g/mol. The highest BCUT2D eigenvalue weighted by molar-refractivity contribution is 8.01. The molecule has 1 spiro atoms. The lowest BCUT2D eigenvalue weighted by molar-refractivity contribution is -0.141. The Kier molecular flexibility index (Phi) is 4.75.